The maximum Gasteiger partial charge on any atom is 0.242 e. The van der Waals surface area contributed by atoms with Crippen LogP contribution in [0.4, 0.5) is 0 Å². The van der Waals surface area contributed by atoms with Crippen molar-refractivity contribution in [2.75, 3.05) is 13.1 Å². The van der Waals surface area contributed by atoms with E-state index in [1.54, 1.807) is 0 Å². The van der Waals surface area contributed by atoms with E-state index in [4.69, 9.17) is 5.73 Å². The Morgan fingerprint density at radius 2 is 1.95 bits per heavy atom. The Hall–Kier alpha value is -2.21. The molecule has 0 unspecified atom stereocenters. The number of hydrogen-bond donors (Lipinski definition) is 1. The molecule has 0 atom stereocenters. The molecule has 1 aliphatic heterocycles. The van der Waals surface area contributed by atoms with Crippen molar-refractivity contribution < 1.29 is 4.79 Å². The van der Waals surface area contributed by atoms with Crippen LogP contribution in [0, 0.1) is 0 Å². The van der Waals surface area contributed by atoms with E-state index in [1.807, 2.05) is 46.1 Å². The van der Waals surface area contributed by atoms with Crippen LogP contribution < -0.4 is 5.73 Å². The molecule has 1 aromatic heterocycles. The van der Waals surface area contributed by atoms with Gasteiger partial charge in [0, 0.05) is 18.7 Å². The zero-order valence-corrected chi connectivity index (χ0v) is 11.6. The number of benzene rings is 1. The summed E-state index contributed by atoms with van der Waals surface area (Å²) in [6.07, 6.45) is 3.57. The first kappa shape index (κ1) is 12.5. The van der Waals surface area contributed by atoms with Crippen LogP contribution >= 0.6 is 0 Å². The maximum atomic E-state index is 12.1. The van der Waals surface area contributed by atoms with Crippen molar-refractivity contribution in [1.82, 2.24) is 19.9 Å². The van der Waals surface area contributed by atoms with Crippen LogP contribution in [0.2, 0.25) is 0 Å². The van der Waals surface area contributed by atoms with Crippen molar-refractivity contribution >= 4 is 5.91 Å². The Balaban J connectivity index is 1.43. The van der Waals surface area contributed by atoms with Gasteiger partial charge in [0.15, 0.2) is 0 Å². The Morgan fingerprint density at radius 1 is 1.24 bits per heavy atom. The van der Waals surface area contributed by atoms with E-state index in [1.165, 1.54) is 0 Å². The number of rotatable bonds is 3. The number of aromatic nitrogens is 3. The molecule has 0 spiro atoms. The molecule has 1 aromatic carbocycles. The van der Waals surface area contributed by atoms with E-state index in [0.717, 1.165) is 24.1 Å². The quantitative estimate of drug-likeness (QED) is 0.904. The van der Waals surface area contributed by atoms with Gasteiger partial charge in [0.1, 0.15) is 5.69 Å². The fourth-order valence-corrected chi connectivity index (χ4v) is 2.65. The van der Waals surface area contributed by atoms with E-state index in [9.17, 15) is 4.79 Å². The molecule has 2 aromatic rings. The van der Waals surface area contributed by atoms with E-state index in [0.29, 0.717) is 13.1 Å². The molecule has 1 saturated carbocycles. The third-order valence-corrected chi connectivity index (χ3v) is 4.32. The smallest absolute Gasteiger partial charge is 0.242 e. The summed E-state index contributed by atoms with van der Waals surface area (Å²) < 4.78 is 1.85. The number of carbonyl (C=O) groups is 1. The Labute approximate surface area is 122 Å². The second kappa shape index (κ2) is 4.39. The number of carbonyl (C=O) groups excluding carboxylic acids is 1. The van der Waals surface area contributed by atoms with Crippen LogP contribution in [0.15, 0.2) is 36.5 Å². The highest BCUT2D eigenvalue weighted by molar-refractivity contribution is 5.89. The van der Waals surface area contributed by atoms with E-state index >= 15 is 0 Å². The minimum Gasteiger partial charge on any atom is -0.337 e. The lowest BCUT2D eigenvalue weighted by molar-refractivity contribution is -0.139. The molecular formula is C15H17N5O. The molecule has 1 amide bonds. The topological polar surface area (TPSA) is 77.0 Å². The zero-order chi connectivity index (χ0) is 14.4. The van der Waals surface area contributed by atoms with Crippen LogP contribution in [0.5, 0.6) is 0 Å². The number of hydrogen-bond acceptors (Lipinski definition) is 4. The van der Waals surface area contributed by atoms with Crippen molar-refractivity contribution in [3.63, 3.8) is 0 Å². The predicted octanol–water partition coefficient (Wildman–Crippen LogP) is 0.820. The standard InChI is InChI=1S/C15H17N5O/c16-15(6-7-15)14(21)19-8-12(9-19)20-10-13(17-18-20)11-4-2-1-3-5-11/h1-5,10,12H,6-9,16H2. The lowest BCUT2D eigenvalue weighted by Crippen LogP contribution is -2.56. The lowest BCUT2D eigenvalue weighted by Gasteiger charge is -2.40. The van der Waals surface area contributed by atoms with Gasteiger partial charge in [-0.3, -0.25) is 4.79 Å². The van der Waals surface area contributed by atoms with Crippen LogP contribution in [0.3, 0.4) is 0 Å². The van der Waals surface area contributed by atoms with Crippen molar-refractivity contribution in [3.8, 4) is 11.3 Å². The van der Waals surface area contributed by atoms with E-state index in [2.05, 4.69) is 10.3 Å². The lowest BCUT2D eigenvalue weighted by atomic mass is 10.1. The summed E-state index contributed by atoms with van der Waals surface area (Å²) in [6.45, 7) is 1.35. The van der Waals surface area contributed by atoms with Crippen LogP contribution in [0.1, 0.15) is 18.9 Å². The van der Waals surface area contributed by atoms with Gasteiger partial charge in [-0.05, 0) is 12.8 Å². The largest absolute Gasteiger partial charge is 0.337 e. The minimum atomic E-state index is -0.567. The van der Waals surface area contributed by atoms with Gasteiger partial charge >= 0.3 is 0 Å². The Bertz CT molecular complexity index is 670. The summed E-state index contributed by atoms with van der Waals surface area (Å²) in [5, 5.41) is 8.39. The van der Waals surface area contributed by atoms with Gasteiger partial charge in [-0.25, -0.2) is 4.68 Å². The molecule has 4 rings (SSSR count). The van der Waals surface area contributed by atoms with Gasteiger partial charge in [0.25, 0.3) is 0 Å². The number of likely N-dealkylation sites (tertiary alicyclic amines) is 1. The molecule has 108 valence electrons. The van der Waals surface area contributed by atoms with Gasteiger partial charge in [0.2, 0.25) is 5.91 Å². The molecule has 6 heteroatoms. The molecule has 6 nitrogen and oxygen atoms in total. The summed E-state index contributed by atoms with van der Waals surface area (Å²) in [7, 11) is 0. The van der Waals surface area contributed by atoms with Gasteiger partial charge < -0.3 is 10.6 Å². The molecule has 0 bridgehead atoms. The van der Waals surface area contributed by atoms with Crippen LogP contribution in [0.25, 0.3) is 11.3 Å². The minimum absolute atomic E-state index is 0.0853. The van der Waals surface area contributed by atoms with E-state index in [-0.39, 0.29) is 11.9 Å². The monoisotopic (exact) mass is 283 g/mol. The van der Waals surface area contributed by atoms with Crippen LogP contribution in [-0.4, -0.2) is 44.4 Å². The van der Waals surface area contributed by atoms with Gasteiger partial charge in [0.05, 0.1) is 17.8 Å². The highest BCUT2D eigenvalue weighted by Crippen LogP contribution is 2.36. The first-order chi connectivity index (χ1) is 10.2. The summed E-state index contributed by atoms with van der Waals surface area (Å²) >= 11 is 0. The van der Waals surface area contributed by atoms with Crippen molar-refractivity contribution in [2.45, 2.75) is 24.4 Å². The third kappa shape index (κ3) is 2.12. The van der Waals surface area contributed by atoms with Crippen molar-refractivity contribution in [3.05, 3.63) is 36.5 Å². The Morgan fingerprint density at radius 3 is 2.62 bits per heavy atom. The second-order valence-corrected chi connectivity index (χ2v) is 5.97. The third-order valence-electron chi connectivity index (χ3n) is 4.32. The summed E-state index contributed by atoms with van der Waals surface area (Å²) in [5.74, 6) is 0.0853. The fourth-order valence-electron chi connectivity index (χ4n) is 2.65. The SMILES string of the molecule is NC1(C(=O)N2CC(n3cc(-c4ccccc4)nn3)C2)CC1. The molecule has 1 saturated heterocycles. The summed E-state index contributed by atoms with van der Waals surface area (Å²) in [6, 6.07) is 10.2. The highest BCUT2D eigenvalue weighted by Gasteiger charge is 2.50. The second-order valence-electron chi connectivity index (χ2n) is 5.97. The highest BCUT2D eigenvalue weighted by atomic mass is 16.2. The molecule has 2 heterocycles. The average Bonchev–Trinajstić information content (AvgIpc) is 3.03. The summed E-state index contributed by atoms with van der Waals surface area (Å²) in [5.41, 5.74) is 7.28. The fraction of sp³-hybridized carbons (Fsp3) is 0.400. The number of amides is 1. The van der Waals surface area contributed by atoms with Crippen molar-refractivity contribution in [1.29, 1.82) is 0 Å². The van der Waals surface area contributed by atoms with Gasteiger partial charge in [-0.1, -0.05) is 35.5 Å². The molecule has 2 fully saturated rings. The van der Waals surface area contributed by atoms with Crippen molar-refractivity contribution in [2.24, 2.45) is 5.73 Å². The average molecular weight is 283 g/mol. The number of nitrogens with zero attached hydrogens (tertiary/aromatic N) is 4. The first-order valence-corrected chi connectivity index (χ1v) is 7.21. The predicted molar refractivity (Wildman–Crippen MR) is 77.2 cm³/mol. The summed E-state index contributed by atoms with van der Waals surface area (Å²) in [4.78, 5) is 13.9. The molecule has 2 aliphatic rings. The molecule has 2 N–H and O–H groups in total. The van der Waals surface area contributed by atoms with Crippen LogP contribution in [-0.2, 0) is 4.79 Å². The van der Waals surface area contributed by atoms with E-state index < -0.39 is 5.54 Å². The molecule has 1 aliphatic carbocycles. The number of nitrogens with two attached hydrogens (primary N) is 1. The molecule has 0 radical (unpaired) electrons. The molecular weight excluding hydrogens is 266 g/mol. The Kier molecular flexibility index (Phi) is 2.62. The first-order valence-electron chi connectivity index (χ1n) is 7.21. The molecule has 21 heavy (non-hydrogen) atoms. The maximum absolute atomic E-state index is 12.1. The van der Waals surface area contributed by atoms with Gasteiger partial charge in [-0.2, -0.15) is 0 Å². The zero-order valence-electron chi connectivity index (χ0n) is 11.6. The normalized spacial score (nSPS) is 20.1. The van der Waals surface area contributed by atoms with Gasteiger partial charge in [-0.15, -0.1) is 5.10 Å².